The number of hydrogen-bond acceptors (Lipinski definition) is 2. The van der Waals surface area contributed by atoms with Crippen molar-refractivity contribution in [3.8, 4) is 0 Å². The van der Waals surface area contributed by atoms with Gasteiger partial charge in [0.1, 0.15) is 0 Å². The molecule has 0 radical (unpaired) electrons. The summed E-state index contributed by atoms with van der Waals surface area (Å²) in [6, 6.07) is 1.38. The van der Waals surface area contributed by atoms with E-state index in [1.165, 1.54) is 48.4 Å². The van der Waals surface area contributed by atoms with Crippen LogP contribution < -0.4 is 0 Å². The Labute approximate surface area is 90.7 Å². The average Bonchev–Trinajstić information content (AvgIpc) is 2.09. The van der Waals surface area contributed by atoms with Gasteiger partial charge in [0, 0.05) is 17.2 Å². The van der Waals surface area contributed by atoms with Crippen LogP contribution in [0.4, 0.5) is 0 Å². The van der Waals surface area contributed by atoms with Crippen molar-refractivity contribution in [3.63, 3.8) is 0 Å². The Kier molecular flexibility index (Phi) is 8.77. The molecule has 0 heterocycles. The highest BCUT2D eigenvalue weighted by atomic mass is 32.1. The van der Waals surface area contributed by atoms with E-state index in [-0.39, 0.29) is 0 Å². The molecule has 3 heteroatoms. The molecule has 1 nitrogen and oxygen atoms in total. The lowest BCUT2D eigenvalue weighted by Crippen LogP contribution is -2.15. The lowest BCUT2D eigenvalue weighted by atomic mass is 10.1. The molecule has 1 unspecified atom stereocenters. The van der Waals surface area contributed by atoms with E-state index in [1.54, 1.807) is 0 Å². The third kappa shape index (κ3) is 8.44. The van der Waals surface area contributed by atoms with Crippen LogP contribution in [0.5, 0.6) is 0 Å². The van der Waals surface area contributed by atoms with E-state index >= 15 is 0 Å². The van der Waals surface area contributed by atoms with E-state index < -0.39 is 0 Å². The van der Waals surface area contributed by atoms with Crippen molar-refractivity contribution in [3.05, 3.63) is 0 Å². The minimum Gasteiger partial charge on any atom is -0.484 e. The van der Waals surface area contributed by atoms with Crippen LogP contribution in [0.25, 0.3) is 0 Å². The normalized spacial score (nSPS) is 12.8. The molecule has 13 heavy (non-hydrogen) atoms. The minimum absolute atomic E-state index is 0.395. The van der Waals surface area contributed by atoms with Gasteiger partial charge in [-0.15, -0.1) is 0 Å². The van der Waals surface area contributed by atoms with Gasteiger partial charge >= 0.3 is 0 Å². The molecule has 1 atom stereocenters. The average molecular weight is 218 g/mol. The lowest BCUT2D eigenvalue weighted by Gasteiger charge is -2.17. The first-order valence-electron chi connectivity index (χ1n) is 5.37. The van der Waals surface area contributed by atoms with Gasteiger partial charge in [0.05, 0.1) is 6.10 Å². The molecule has 0 aliphatic rings. The maximum Gasteiger partial charge on any atom is 0.157 e. The zero-order chi connectivity index (χ0) is 10.1. The van der Waals surface area contributed by atoms with Crippen molar-refractivity contribution >= 4 is 27.5 Å². The van der Waals surface area contributed by atoms with Gasteiger partial charge in [-0.2, -0.15) is 0 Å². The maximum absolute atomic E-state index is 5.60. The van der Waals surface area contributed by atoms with Gasteiger partial charge in [-0.25, -0.2) is 0 Å². The van der Waals surface area contributed by atoms with E-state index in [2.05, 4.69) is 6.92 Å². The van der Waals surface area contributed by atoms with Gasteiger partial charge in [0.25, 0.3) is 0 Å². The fourth-order valence-corrected chi connectivity index (χ4v) is 1.90. The van der Waals surface area contributed by atoms with Crippen LogP contribution in [0.1, 0.15) is 46.0 Å². The van der Waals surface area contributed by atoms with Crippen LogP contribution in [-0.4, -0.2) is 21.4 Å². The Morgan fingerprint density at radius 2 is 2.00 bits per heavy atom. The highest BCUT2D eigenvalue weighted by Crippen LogP contribution is 2.12. The second-order valence-electron chi connectivity index (χ2n) is 3.52. The van der Waals surface area contributed by atoms with E-state index in [1.807, 2.05) is 6.92 Å². The summed E-state index contributed by atoms with van der Waals surface area (Å²) >= 11 is 4.96. The van der Waals surface area contributed by atoms with Crippen molar-refractivity contribution in [2.24, 2.45) is 0 Å². The Morgan fingerprint density at radius 1 is 1.38 bits per heavy atom. The lowest BCUT2D eigenvalue weighted by molar-refractivity contribution is 0.167. The van der Waals surface area contributed by atoms with Gasteiger partial charge in [-0.05, 0) is 25.1 Å². The first kappa shape index (κ1) is 13.1. The van der Waals surface area contributed by atoms with Gasteiger partial charge in [0.15, 0.2) is 5.05 Å². The highest BCUT2D eigenvalue weighted by Gasteiger charge is 2.08. The number of thiocarbonyl (C=S) groups is 1. The third-order valence-electron chi connectivity index (χ3n) is 2.09. The molecule has 0 saturated carbocycles. The molecule has 0 aliphatic heterocycles. The summed E-state index contributed by atoms with van der Waals surface area (Å²) in [5, 5.41) is 0.703. The van der Waals surface area contributed by atoms with Crippen molar-refractivity contribution in [1.29, 1.82) is 0 Å². The zero-order valence-electron chi connectivity index (χ0n) is 9.14. The smallest absolute Gasteiger partial charge is 0.157 e. The largest absolute Gasteiger partial charge is 0.484 e. The first-order valence-corrected chi connectivity index (χ1v) is 7.20. The second kappa shape index (κ2) is 8.69. The van der Waals surface area contributed by atoms with Crippen LogP contribution in [0.15, 0.2) is 0 Å². The number of ether oxygens (including phenoxy) is 1. The predicted molar refractivity (Wildman–Crippen MR) is 66.7 cm³/mol. The van der Waals surface area contributed by atoms with Crippen LogP contribution in [0.2, 0.25) is 6.04 Å². The van der Waals surface area contributed by atoms with Crippen molar-refractivity contribution in [2.45, 2.75) is 58.1 Å². The van der Waals surface area contributed by atoms with Gasteiger partial charge < -0.3 is 4.74 Å². The zero-order valence-corrected chi connectivity index (χ0v) is 12.0. The Bertz CT molecular complexity index is 131. The summed E-state index contributed by atoms with van der Waals surface area (Å²) in [4.78, 5) is 0. The van der Waals surface area contributed by atoms with Crippen molar-refractivity contribution in [2.75, 3.05) is 0 Å². The fourth-order valence-electron chi connectivity index (χ4n) is 1.36. The third-order valence-corrected chi connectivity index (χ3v) is 2.90. The molecule has 0 saturated heterocycles. The molecule has 0 N–H and O–H groups in total. The van der Waals surface area contributed by atoms with Crippen LogP contribution in [0.3, 0.4) is 0 Å². The van der Waals surface area contributed by atoms with Gasteiger partial charge in [-0.3, -0.25) is 0 Å². The Balaban J connectivity index is 3.66. The molecular weight excluding hydrogens is 196 g/mol. The van der Waals surface area contributed by atoms with Gasteiger partial charge in [0.2, 0.25) is 0 Å². The molecule has 0 aliphatic carbocycles. The molecule has 78 valence electrons. The summed E-state index contributed by atoms with van der Waals surface area (Å²) in [6.45, 7) is 4.09. The fraction of sp³-hybridized carbons (Fsp3) is 0.900. The maximum atomic E-state index is 5.60. The van der Waals surface area contributed by atoms with E-state index in [0.717, 1.165) is 0 Å². The molecule has 0 aromatic heterocycles. The van der Waals surface area contributed by atoms with E-state index in [9.17, 15) is 0 Å². The van der Waals surface area contributed by atoms with Crippen LogP contribution in [-0.2, 0) is 4.74 Å². The predicted octanol–water partition coefficient (Wildman–Crippen LogP) is 2.47. The SMILES string of the molecule is CCCCC(CCC[SiH3])OC(C)=S. The number of unbranched alkanes of at least 4 members (excludes halogenated alkanes) is 1. The minimum atomic E-state index is 0.395. The monoisotopic (exact) mass is 218 g/mol. The molecule has 0 amide bonds. The first-order chi connectivity index (χ1) is 6.20. The summed E-state index contributed by atoms with van der Waals surface area (Å²) < 4.78 is 5.60. The summed E-state index contributed by atoms with van der Waals surface area (Å²) in [6.07, 6.45) is 6.57. The molecule has 0 fully saturated rings. The van der Waals surface area contributed by atoms with Crippen LogP contribution in [0, 0.1) is 0 Å². The topological polar surface area (TPSA) is 9.23 Å². The van der Waals surface area contributed by atoms with E-state index in [0.29, 0.717) is 11.2 Å². The Hall–Kier alpha value is 0.107. The molecule has 0 bridgehead atoms. The van der Waals surface area contributed by atoms with E-state index in [4.69, 9.17) is 17.0 Å². The summed E-state index contributed by atoms with van der Waals surface area (Å²) in [5.41, 5.74) is 0. The molecule has 0 spiro atoms. The molecular formula is C10H22OSSi. The highest BCUT2D eigenvalue weighted by molar-refractivity contribution is 7.80. The second-order valence-corrected chi connectivity index (χ2v) is 5.09. The number of hydrogen-bond donors (Lipinski definition) is 0. The van der Waals surface area contributed by atoms with Crippen molar-refractivity contribution in [1.82, 2.24) is 0 Å². The molecule has 0 rings (SSSR count). The van der Waals surface area contributed by atoms with Gasteiger partial charge in [-0.1, -0.05) is 32.2 Å². The number of rotatable bonds is 7. The molecule has 0 aromatic carbocycles. The summed E-state index contributed by atoms with van der Waals surface area (Å²) in [7, 11) is 1.31. The Morgan fingerprint density at radius 3 is 2.46 bits per heavy atom. The summed E-state index contributed by atoms with van der Waals surface area (Å²) in [5.74, 6) is 0. The van der Waals surface area contributed by atoms with Crippen LogP contribution >= 0.6 is 12.2 Å². The standard InChI is InChI=1S/C10H22OSSi/c1-3-4-6-10(7-5-8-13)11-9(2)12/h10H,3-8H2,1-2,13H3. The quantitative estimate of drug-likeness (QED) is 0.479. The van der Waals surface area contributed by atoms with Crippen molar-refractivity contribution < 1.29 is 4.74 Å². The molecule has 0 aromatic rings.